The molecule has 2 aliphatic rings. The van der Waals surface area contributed by atoms with Crippen molar-refractivity contribution in [2.45, 2.75) is 37.3 Å². The van der Waals surface area contributed by atoms with Gasteiger partial charge >= 0.3 is 0 Å². The number of nitrogens with zero attached hydrogens (tertiary/aromatic N) is 1. The van der Waals surface area contributed by atoms with Crippen molar-refractivity contribution in [3.05, 3.63) is 24.3 Å². The van der Waals surface area contributed by atoms with Crippen molar-refractivity contribution in [2.24, 2.45) is 0 Å². The SMILES string of the molecule is CN(C)c1ccc(NC2CCOC3(CCOCC3)C2)cc1. The van der Waals surface area contributed by atoms with Gasteiger partial charge in [0.1, 0.15) is 0 Å². The predicted molar refractivity (Wildman–Crippen MR) is 86.1 cm³/mol. The molecule has 2 aliphatic heterocycles. The molecule has 1 aromatic rings. The largest absolute Gasteiger partial charge is 0.382 e. The molecule has 0 aliphatic carbocycles. The van der Waals surface area contributed by atoms with Crippen LogP contribution in [0.4, 0.5) is 11.4 Å². The first kappa shape index (κ1) is 14.7. The van der Waals surface area contributed by atoms with E-state index in [9.17, 15) is 0 Å². The van der Waals surface area contributed by atoms with Crippen molar-refractivity contribution in [1.82, 2.24) is 0 Å². The summed E-state index contributed by atoms with van der Waals surface area (Å²) >= 11 is 0. The molecule has 2 heterocycles. The molecule has 1 unspecified atom stereocenters. The van der Waals surface area contributed by atoms with E-state index in [0.29, 0.717) is 6.04 Å². The molecule has 116 valence electrons. The number of rotatable bonds is 3. The summed E-state index contributed by atoms with van der Waals surface area (Å²) in [5, 5.41) is 3.68. The maximum absolute atomic E-state index is 6.10. The number of benzene rings is 1. The lowest BCUT2D eigenvalue weighted by molar-refractivity contribution is -0.135. The van der Waals surface area contributed by atoms with E-state index in [0.717, 1.165) is 45.5 Å². The number of anilines is 2. The Balaban J connectivity index is 1.61. The van der Waals surface area contributed by atoms with Crippen LogP contribution in [-0.4, -0.2) is 45.6 Å². The van der Waals surface area contributed by atoms with Gasteiger partial charge in [0.15, 0.2) is 0 Å². The standard InChI is InChI=1S/C17H26N2O2/c1-19(2)16-5-3-14(4-6-16)18-15-7-10-21-17(13-15)8-11-20-12-9-17/h3-6,15,18H,7-13H2,1-2H3. The zero-order chi connectivity index (χ0) is 14.7. The Kier molecular flexibility index (Phi) is 4.36. The molecule has 0 saturated carbocycles. The van der Waals surface area contributed by atoms with Crippen molar-refractivity contribution >= 4 is 11.4 Å². The minimum atomic E-state index is 0.0533. The van der Waals surface area contributed by atoms with Crippen LogP contribution in [0.15, 0.2) is 24.3 Å². The van der Waals surface area contributed by atoms with Crippen LogP contribution >= 0.6 is 0 Å². The summed E-state index contributed by atoms with van der Waals surface area (Å²) in [6, 6.07) is 9.16. The first-order valence-corrected chi connectivity index (χ1v) is 7.93. The molecular weight excluding hydrogens is 264 g/mol. The summed E-state index contributed by atoms with van der Waals surface area (Å²) in [6.45, 7) is 2.53. The Labute approximate surface area is 127 Å². The van der Waals surface area contributed by atoms with E-state index in [-0.39, 0.29) is 5.60 Å². The van der Waals surface area contributed by atoms with Crippen LogP contribution in [0, 0.1) is 0 Å². The van der Waals surface area contributed by atoms with Crippen molar-refractivity contribution < 1.29 is 9.47 Å². The molecule has 2 fully saturated rings. The molecule has 0 bridgehead atoms. The number of hydrogen-bond acceptors (Lipinski definition) is 4. The summed E-state index contributed by atoms with van der Waals surface area (Å²) in [6.07, 6.45) is 4.24. The number of ether oxygens (including phenoxy) is 2. The summed E-state index contributed by atoms with van der Waals surface area (Å²) in [4.78, 5) is 2.12. The Morgan fingerprint density at radius 2 is 1.81 bits per heavy atom. The molecule has 0 amide bonds. The Hall–Kier alpha value is -1.26. The Morgan fingerprint density at radius 1 is 1.10 bits per heavy atom. The van der Waals surface area contributed by atoms with Crippen molar-refractivity contribution in [3.8, 4) is 0 Å². The number of hydrogen-bond donors (Lipinski definition) is 1. The average molecular weight is 290 g/mol. The van der Waals surface area contributed by atoms with Gasteiger partial charge < -0.3 is 19.7 Å². The molecule has 4 heteroatoms. The molecule has 0 aromatic heterocycles. The van der Waals surface area contributed by atoms with Crippen LogP contribution in [0.3, 0.4) is 0 Å². The lowest BCUT2D eigenvalue weighted by atomic mass is 9.84. The zero-order valence-electron chi connectivity index (χ0n) is 13.1. The molecule has 3 rings (SSSR count). The first-order valence-electron chi connectivity index (χ1n) is 7.93. The van der Waals surface area contributed by atoms with E-state index in [1.807, 2.05) is 0 Å². The third-order valence-corrected chi connectivity index (χ3v) is 4.65. The second-order valence-corrected chi connectivity index (χ2v) is 6.42. The van der Waals surface area contributed by atoms with Gasteiger partial charge in [0.05, 0.1) is 5.60 Å². The third-order valence-electron chi connectivity index (χ3n) is 4.65. The smallest absolute Gasteiger partial charge is 0.0745 e. The molecule has 4 nitrogen and oxygen atoms in total. The summed E-state index contributed by atoms with van der Waals surface area (Å²) in [5.41, 5.74) is 2.49. The van der Waals surface area contributed by atoms with Crippen molar-refractivity contribution in [1.29, 1.82) is 0 Å². The zero-order valence-corrected chi connectivity index (χ0v) is 13.1. The van der Waals surface area contributed by atoms with Gasteiger partial charge in [-0.1, -0.05) is 0 Å². The van der Waals surface area contributed by atoms with Gasteiger partial charge in [-0.25, -0.2) is 0 Å². The average Bonchev–Trinajstić information content (AvgIpc) is 2.49. The molecule has 1 atom stereocenters. The van der Waals surface area contributed by atoms with Crippen LogP contribution in [0.1, 0.15) is 25.7 Å². The van der Waals surface area contributed by atoms with Crippen LogP contribution in [-0.2, 0) is 9.47 Å². The fourth-order valence-electron chi connectivity index (χ4n) is 3.33. The van der Waals surface area contributed by atoms with E-state index in [2.05, 4.69) is 48.6 Å². The lowest BCUT2D eigenvalue weighted by Gasteiger charge is -2.43. The molecule has 1 spiro atoms. The van der Waals surface area contributed by atoms with Crippen LogP contribution in [0.5, 0.6) is 0 Å². The van der Waals surface area contributed by atoms with E-state index in [4.69, 9.17) is 9.47 Å². The molecular formula is C17H26N2O2. The fraction of sp³-hybridized carbons (Fsp3) is 0.647. The summed E-state index contributed by atoms with van der Waals surface area (Å²) in [7, 11) is 4.13. The van der Waals surface area contributed by atoms with E-state index in [1.54, 1.807) is 0 Å². The minimum Gasteiger partial charge on any atom is -0.382 e. The predicted octanol–water partition coefficient (Wildman–Crippen LogP) is 2.89. The second kappa shape index (κ2) is 6.24. The quantitative estimate of drug-likeness (QED) is 0.928. The third kappa shape index (κ3) is 3.50. The molecule has 1 aromatic carbocycles. The maximum Gasteiger partial charge on any atom is 0.0745 e. The lowest BCUT2D eigenvalue weighted by Crippen LogP contribution is -2.47. The maximum atomic E-state index is 6.10. The summed E-state index contributed by atoms with van der Waals surface area (Å²) in [5.74, 6) is 0. The highest BCUT2D eigenvalue weighted by atomic mass is 16.5. The molecule has 21 heavy (non-hydrogen) atoms. The minimum absolute atomic E-state index is 0.0533. The topological polar surface area (TPSA) is 33.7 Å². The summed E-state index contributed by atoms with van der Waals surface area (Å²) < 4.78 is 11.6. The van der Waals surface area contributed by atoms with Crippen LogP contribution < -0.4 is 10.2 Å². The van der Waals surface area contributed by atoms with Crippen LogP contribution in [0.25, 0.3) is 0 Å². The van der Waals surface area contributed by atoms with E-state index < -0.39 is 0 Å². The molecule has 1 N–H and O–H groups in total. The van der Waals surface area contributed by atoms with Gasteiger partial charge in [0, 0.05) is 51.3 Å². The van der Waals surface area contributed by atoms with Gasteiger partial charge in [-0.05, 0) is 49.9 Å². The van der Waals surface area contributed by atoms with E-state index in [1.165, 1.54) is 11.4 Å². The second-order valence-electron chi connectivity index (χ2n) is 6.42. The van der Waals surface area contributed by atoms with Gasteiger partial charge in [-0.15, -0.1) is 0 Å². The number of nitrogens with one attached hydrogen (secondary N) is 1. The Bertz CT molecular complexity index is 447. The first-order chi connectivity index (χ1) is 10.2. The van der Waals surface area contributed by atoms with Crippen molar-refractivity contribution in [2.75, 3.05) is 44.1 Å². The van der Waals surface area contributed by atoms with Crippen molar-refractivity contribution in [3.63, 3.8) is 0 Å². The highest BCUT2D eigenvalue weighted by Gasteiger charge is 2.38. The van der Waals surface area contributed by atoms with Gasteiger partial charge in [-0.3, -0.25) is 0 Å². The van der Waals surface area contributed by atoms with Crippen LogP contribution in [0.2, 0.25) is 0 Å². The monoisotopic (exact) mass is 290 g/mol. The molecule has 0 radical (unpaired) electrons. The van der Waals surface area contributed by atoms with E-state index >= 15 is 0 Å². The molecule has 2 saturated heterocycles. The Morgan fingerprint density at radius 3 is 2.48 bits per heavy atom. The van der Waals surface area contributed by atoms with Gasteiger partial charge in [0.25, 0.3) is 0 Å². The highest BCUT2D eigenvalue weighted by Crippen LogP contribution is 2.35. The fourth-order valence-corrected chi connectivity index (χ4v) is 3.33. The van der Waals surface area contributed by atoms with Gasteiger partial charge in [-0.2, -0.15) is 0 Å². The van der Waals surface area contributed by atoms with Gasteiger partial charge in [0.2, 0.25) is 0 Å². The normalized spacial score (nSPS) is 24.8. The highest BCUT2D eigenvalue weighted by molar-refractivity contribution is 5.54.